The maximum absolute atomic E-state index is 13.5. The molecule has 2 fully saturated rings. The molecule has 4 heterocycles. The first-order valence-corrected chi connectivity index (χ1v) is 11.7. The van der Waals surface area contributed by atoms with Crippen LogP contribution in [0.1, 0.15) is 46.2 Å². The Morgan fingerprint density at radius 1 is 1.12 bits per heavy atom. The third-order valence-electron chi connectivity index (χ3n) is 6.16. The van der Waals surface area contributed by atoms with Gasteiger partial charge in [-0.3, -0.25) is 14.8 Å². The molecule has 0 N–H and O–H groups in total. The number of likely N-dealkylation sites (tertiary alicyclic amines) is 1. The fourth-order valence-corrected chi connectivity index (χ4v) is 4.74. The first-order valence-electron chi connectivity index (χ1n) is 11.3. The highest BCUT2D eigenvalue weighted by Crippen LogP contribution is 2.32. The number of amides is 1. The molecule has 1 atom stereocenters. The lowest BCUT2D eigenvalue weighted by Crippen LogP contribution is -2.37. The third-order valence-corrected chi connectivity index (χ3v) is 6.40. The zero-order valence-electron chi connectivity index (χ0n) is 18.4. The number of carbonyl (C=O) groups is 1. The molecule has 170 valence electrons. The Balaban J connectivity index is 1.34. The number of halogens is 1. The molecule has 0 aliphatic carbocycles. The van der Waals surface area contributed by atoms with Crippen LogP contribution in [0.15, 0.2) is 55.0 Å². The van der Waals surface area contributed by atoms with Crippen molar-refractivity contribution in [2.45, 2.75) is 25.3 Å². The van der Waals surface area contributed by atoms with E-state index in [1.54, 1.807) is 24.7 Å². The topological polar surface area (TPSA) is 71.5 Å². The van der Waals surface area contributed by atoms with Crippen LogP contribution in [0.25, 0.3) is 0 Å². The van der Waals surface area contributed by atoms with Crippen LogP contribution in [0.5, 0.6) is 0 Å². The lowest BCUT2D eigenvalue weighted by Gasteiger charge is -2.28. The summed E-state index contributed by atoms with van der Waals surface area (Å²) in [4.78, 5) is 31.3. The molecule has 0 spiro atoms. The largest absolute Gasteiger partial charge is 0.378 e. The first kappa shape index (κ1) is 21.8. The summed E-state index contributed by atoms with van der Waals surface area (Å²) >= 11 is 6.12. The van der Waals surface area contributed by atoms with Crippen LogP contribution >= 0.6 is 11.6 Å². The van der Waals surface area contributed by atoms with Gasteiger partial charge in [-0.1, -0.05) is 23.7 Å². The molecular formula is C25H26ClN5O2. The van der Waals surface area contributed by atoms with E-state index >= 15 is 0 Å². The van der Waals surface area contributed by atoms with Gasteiger partial charge in [0.05, 0.1) is 36.8 Å². The molecule has 0 radical (unpaired) electrons. The number of aromatic nitrogens is 3. The van der Waals surface area contributed by atoms with Crippen LogP contribution in [0, 0.1) is 0 Å². The minimum absolute atomic E-state index is 0.0106. The zero-order chi connectivity index (χ0) is 22.6. The molecule has 2 aliphatic rings. The summed E-state index contributed by atoms with van der Waals surface area (Å²) in [5, 5.41) is 0.706. The Morgan fingerprint density at radius 2 is 2.00 bits per heavy atom. The van der Waals surface area contributed by atoms with Crippen LogP contribution in [0.4, 0.5) is 5.82 Å². The van der Waals surface area contributed by atoms with Crippen molar-refractivity contribution in [2.75, 3.05) is 37.7 Å². The van der Waals surface area contributed by atoms with E-state index in [0.29, 0.717) is 36.8 Å². The summed E-state index contributed by atoms with van der Waals surface area (Å²) in [6, 6.07) is 11.4. The van der Waals surface area contributed by atoms with Crippen LogP contribution in [0.3, 0.4) is 0 Å². The van der Waals surface area contributed by atoms with E-state index < -0.39 is 0 Å². The lowest BCUT2D eigenvalue weighted by atomic mass is 10.1. The minimum Gasteiger partial charge on any atom is -0.378 e. The molecule has 1 aromatic carbocycles. The fourth-order valence-electron chi connectivity index (χ4n) is 4.52. The van der Waals surface area contributed by atoms with Crippen molar-refractivity contribution in [3.8, 4) is 0 Å². The van der Waals surface area contributed by atoms with Gasteiger partial charge in [0.25, 0.3) is 5.91 Å². The van der Waals surface area contributed by atoms with Crippen molar-refractivity contribution in [1.29, 1.82) is 0 Å². The Labute approximate surface area is 198 Å². The number of morpholine rings is 1. The van der Waals surface area contributed by atoms with Gasteiger partial charge in [-0.05, 0) is 42.7 Å². The molecular weight excluding hydrogens is 438 g/mol. The second kappa shape index (κ2) is 9.85. The zero-order valence-corrected chi connectivity index (χ0v) is 19.1. The molecule has 8 heteroatoms. The fraction of sp³-hybridized carbons (Fsp3) is 0.360. The molecule has 5 rings (SSSR count). The average molecular weight is 464 g/mol. The Hall–Kier alpha value is -3.03. The Bertz CT molecular complexity index is 1140. The summed E-state index contributed by atoms with van der Waals surface area (Å²) in [6.45, 7) is 3.63. The molecule has 33 heavy (non-hydrogen) atoms. The lowest BCUT2D eigenvalue weighted by molar-refractivity contribution is 0.0732. The van der Waals surface area contributed by atoms with Crippen LogP contribution in [-0.4, -0.2) is 58.6 Å². The monoisotopic (exact) mass is 463 g/mol. The highest BCUT2D eigenvalue weighted by molar-refractivity contribution is 6.30. The van der Waals surface area contributed by atoms with Gasteiger partial charge in [-0.15, -0.1) is 0 Å². The maximum Gasteiger partial charge on any atom is 0.254 e. The van der Waals surface area contributed by atoms with Gasteiger partial charge in [0.2, 0.25) is 0 Å². The van der Waals surface area contributed by atoms with Crippen LogP contribution in [-0.2, 0) is 11.2 Å². The molecule has 2 saturated heterocycles. The summed E-state index contributed by atoms with van der Waals surface area (Å²) in [5.74, 6) is 0.833. The molecule has 0 unspecified atom stereocenters. The van der Waals surface area contributed by atoms with Crippen molar-refractivity contribution in [1.82, 2.24) is 19.9 Å². The number of rotatable bonds is 5. The van der Waals surface area contributed by atoms with E-state index in [-0.39, 0.29) is 11.9 Å². The summed E-state index contributed by atoms with van der Waals surface area (Å²) in [6.07, 6.45) is 7.75. The maximum atomic E-state index is 13.5. The quantitative estimate of drug-likeness (QED) is 0.571. The normalized spacial score (nSPS) is 18.5. The molecule has 3 aromatic rings. The Kier molecular flexibility index (Phi) is 6.51. The second-order valence-corrected chi connectivity index (χ2v) is 8.84. The highest BCUT2D eigenvalue weighted by atomic mass is 35.5. The number of ether oxygens (including phenoxy) is 1. The SMILES string of the molecule is O=C(c1ccnc(N2CCOCC2)c1)N1CCC[C@@H]1c1cncc(Cc2cccc(Cl)c2)n1. The minimum atomic E-state index is -0.0793. The van der Waals surface area contributed by atoms with Crippen molar-refractivity contribution in [3.63, 3.8) is 0 Å². The van der Waals surface area contributed by atoms with Crippen molar-refractivity contribution in [2.24, 2.45) is 0 Å². The highest BCUT2D eigenvalue weighted by Gasteiger charge is 2.32. The summed E-state index contributed by atoms with van der Waals surface area (Å²) < 4.78 is 5.43. The molecule has 0 bridgehead atoms. The number of pyridine rings is 1. The van der Waals surface area contributed by atoms with Gasteiger partial charge < -0.3 is 14.5 Å². The van der Waals surface area contributed by atoms with E-state index in [2.05, 4.69) is 14.9 Å². The van der Waals surface area contributed by atoms with Gasteiger partial charge in [0, 0.05) is 49.0 Å². The predicted molar refractivity (Wildman–Crippen MR) is 127 cm³/mol. The third kappa shape index (κ3) is 4.99. The first-order chi connectivity index (χ1) is 16.2. The van der Waals surface area contributed by atoms with E-state index in [1.165, 1.54) is 0 Å². The van der Waals surface area contributed by atoms with Gasteiger partial charge >= 0.3 is 0 Å². The van der Waals surface area contributed by atoms with Crippen molar-refractivity contribution < 1.29 is 9.53 Å². The molecule has 2 aromatic heterocycles. The number of carbonyl (C=O) groups excluding carboxylic acids is 1. The number of anilines is 1. The predicted octanol–water partition coefficient (Wildman–Crippen LogP) is 3.93. The van der Waals surface area contributed by atoms with Gasteiger partial charge in [-0.2, -0.15) is 0 Å². The van der Waals surface area contributed by atoms with Crippen molar-refractivity contribution in [3.05, 3.63) is 82.5 Å². The van der Waals surface area contributed by atoms with Crippen LogP contribution < -0.4 is 4.90 Å². The number of nitrogens with zero attached hydrogens (tertiary/aromatic N) is 5. The summed E-state index contributed by atoms with van der Waals surface area (Å²) in [7, 11) is 0. The molecule has 0 saturated carbocycles. The second-order valence-electron chi connectivity index (χ2n) is 8.40. The summed E-state index contributed by atoms with van der Waals surface area (Å²) in [5.41, 5.74) is 3.44. The van der Waals surface area contributed by atoms with E-state index in [0.717, 1.165) is 48.7 Å². The smallest absolute Gasteiger partial charge is 0.254 e. The van der Waals surface area contributed by atoms with E-state index in [4.69, 9.17) is 21.3 Å². The van der Waals surface area contributed by atoms with Gasteiger partial charge in [0.1, 0.15) is 5.82 Å². The van der Waals surface area contributed by atoms with Crippen LogP contribution in [0.2, 0.25) is 5.02 Å². The number of hydrogen-bond donors (Lipinski definition) is 0. The van der Waals surface area contributed by atoms with Gasteiger partial charge in [0.15, 0.2) is 0 Å². The van der Waals surface area contributed by atoms with Gasteiger partial charge in [-0.25, -0.2) is 4.98 Å². The van der Waals surface area contributed by atoms with E-state index in [9.17, 15) is 4.79 Å². The standard InChI is InChI=1S/C25H26ClN5O2/c26-20-4-1-3-18(13-20)14-21-16-27-17-22(29-21)23-5-2-8-31(23)25(32)19-6-7-28-24(15-19)30-9-11-33-12-10-30/h1,3-4,6-7,13,15-17,23H,2,5,8-12,14H2/t23-/m1/s1. The van der Waals surface area contributed by atoms with E-state index in [1.807, 2.05) is 35.2 Å². The molecule has 2 aliphatic heterocycles. The molecule has 7 nitrogen and oxygen atoms in total. The number of hydrogen-bond acceptors (Lipinski definition) is 6. The van der Waals surface area contributed by atoms with Crippen molar-refractivity contribution >= 4 is 23.3 Å². The molecule has 1 amide bonds. The average Bonchev–Trinajstić information content (AvgIpc) is 3.34. The Morgan fingerprint density at radius 3 is 2.85 bits per heavy atom. The number of benzene rings is 1.